The van der Waals surface area contributed by atoms with Gasteiger partial charge in [0.2, 0.25) is 0 Å². The average Bonchev–Trinajstić information content (AvgIpc) is 3.07. The Hall–Kier alpha value is -2.56. The fourth-order valence-electron chi connectivity index (χ4n) is 2.08. The highest BCUT2D eigenvalue weighted by Gasteiger charge is 2.16. The van der Waals surface area contributed by atoms with Crippen molar-refractivity contribution in [2.24, 2.45) is 0 Å². The molecular formula is C14H13N3O2. The fraction of sp³-hybridized carbons (Fsp3) is 0.143. The molecule has 0 aliphatic carbocycles. The largest absolute Gasteiger partial charge is 0.462 e. The van der Waals surface area contributed by atoms with E-state index in [9.17, 15) is 4.79 Å². The molecule has 0 bridgehead atoms. The third-order valence-electron chi connectivity index (χ3n) is 2.98. The minimum Gasteiger partial charge on any atom is -0.462 e. The van der Waals surface area contributed by atoms with E-state index >= 15 is 0 Å². The Bertz CT molecular complexity index is 727. The normalized spacial score (nSPS) is 10.8. The summed E-state index contributed by atoms with van der Waals surface area (Å²) in [5, 5.41) is 7.88. The van der Waals surface area contributed by atoms with Crippen molar-refractivity contribution in [3.63, 3.8) is 0 Å². The van der Waals surface area contributed by atoms with Gasteiger partial charge in [-0.15, -0.1) is 0 Å². The summed E-state index contributed by atoms with van der Waals surface area (Å²) in [5.74, 6) is -0.361. The zero-order valence-corrected chi connectivity index (χ0v) is 10.4. The first-order chi connectivity index (χ1) is 9.29. The summed E-state index contributed by atoms with van der Waals surface area (Å²) in [4.78, 5) is 15.0. The number of hydrogen-bond acceptors (Lipinski definition) is 3. The molecule has 1 aromatic carbocycles. The number of nitrogens with one attached hydrogen (secondary N) is 2. The Balaban J connectivity index is 2.06. The van der Waals surface area contributed by atoms with E-state index in [1.807, 2.05) is 30.5 Å². The smallest absolute Gasteiger partial charge is 0.341 e. The van der Waals surface area contributed by atoms with Gasteiger partial charge in [-0.2, -0.15) is 5.10 Å². The number of aromatic amines is 2. The molecule has 0 aliphatic heterocycles. The molecule has 0 radical (unpaired) electrons. The van der Waals surface area contributed by atoms with Crippen molar-refractivity contribution >= 4 is 16.9 Å². The van der Waals surface area contributed by atoms with Gasteiger partial charge < -0.3 is 9.72 Å². The Morgan fingerprint density at radius 2 is 2.26 bits per heavy atom. The molecule has 2 N–H and O–H groups in total. The zero-order chi connectivity index (χ0) is 13.2. The van der Waals surface area contributed by atoms with Gasteiger partial charge in [-0.1, -0.05) is 6.07 Å². The number of H-pyrrole nitrogens is 2. The Kier molecular flexibility index (Phi) is 2.79. The molecule has 0 atom stereocenters. The molecule has 2 heterocycles. The number of aromatic nitrogens is 3. The zero-order valence-electron chi connectivity index (χ0n) is 10.4. The van der Waals surface area contributed by atoms with E-state index in [1.54, 1.807) is 6.92 Å². The number of ether oxygens (including phenoxy) is 1. The topological polar surface area (TPSA) is 70.8 Å². The van der Waals surface area contributed by atoms with Crippen molar-refractivity contribution in [3.05, 3.63) is 42.2 Å². The predicted molar refractivity (Wildman–Crippen MR) is 71.8 cm³/mol. The number of carbonyl (C=O) groups excluding carboxylic acids is 1. The van der Waals surface area contributed by atoms with E-state index in [-0.39, 0.29) is 5.97 Å². The lowest BCUT2D eigenvalue weighted by Gasteiger charge is -2.03. The maximum Gasteiger partial charge on any atom is 0.341 e. The molecule has 0 unspecified atom stereocenters. The Morgan fingerprint density at radius 1 is 1.37 bits per heavy atom. The average molecular weight is 255 g/mol. The van der Waals surface area contributed by atoms with Gasteiger partial charge in [0, 0.05) is 22.7 Å². The first kappa shape index (κ1) is 11.5. The summed E-state index contributed by atoms with van der Waals surface area (Å²) in [6.45, 7) is 2.13. The molecule has 2 aromatic heterocycles. The maximum atomic E-state index is 11.8. The number of benzene rings is 1. The highest BCUT2D eigenvalue weighted by Crippen LogP contribution is 2.25. The number of carbonyl (C=O) groups is 1. The molecule has 3 rings (SSSR count). The van der Waals surface area contributed by atoms with Crippen LogP contribution >= 0.6 is 0 Å². The van der Waals surface area contributed by atoms with Crippen LogP contribution in [0.15, 0.2) is 36.7 Å². The van der Waals surface area contributed by atoms with Crippen molar-refractivity contribution in [1.29, 1.82) is 0 Å². The molecule has 96 valence electrons. The maximum absolute atomic E-state index is 11.8. The monoisotopic (exact) mass is 255 g/mol. The highest BCUT2D eigenvalue weighted by molar-refractivity contribution is 5.97. The van der Waals surface area contributed by atoms with Crippen molar-refractivity contribution in [3.8, 4) is 11.3 Å². The van der Waals surface area contributed by atoms with Crippen LogP contribution in [0.25, 0.3) is 22.2 Å². The van der Waals surface area contributed by atoms with Gasteiger partial charge in [0.15, 0.2) is 0 Å². The minimum absolute atomic E-state index is 0.348. The quantitative estimate of drug-likeness (QED) is 0.707. The molecule has 0 spiro atoms. The number of hydrogen-bond donors (Lipinski definition) is 2. The molecule has 0 amide bonds. The van der Waals surface area contributed by atoms with Crippen LogP contribution in [0, 0.1) is 0 Å². The van der Waals surface area contributed by atoms with Crippen LogP contribution in [-0.4, -0.2) is 27.8 Å². The van der Waals surface area contributed by atoms with E-state index in [0.717, 1.165) is 16.5 Å². The summed E-state index contributed by atoms with van der Waals surface area (Å²) in [6, 6.07) is 7.90. The predicted octanol–water partition coefficient (Wildman–Crippen LogP) is 2.73. The molecule has 3 aromatic rings. The third-order valence-corrected chi connectivity index (χ3v) is 2.98. The van der Waals surface area contributed by atoms with E-state index in [0.29, 0.717) is 17.9 Å². The molecule has 0 saturated carbocycles. The molecule has 5 nitrogen and oxygen atoms in total. The second-order valence-corrected chi connectivity index (χ2v) is 4.16. The second-order valence-electron chi connectivity index (χ2n) is 4.16. The molecule has 5 heteroatoms. The summed E-state index contributed by atoms with van der Waals surface area (Å²) in [7, 11) is 0. The summed E-state index contributed by atoms with van der Waals surface area (Å²) in [5.41, 5.74) is 3.10. The van der Waals surface area contributed by atoms with Crippen LogP contribution in [-0.2, 0) is 4.74 Å². The first-order valence-electron chi connectivity index (χ1n) is 6.07. The van der Waals surface area contributed by atoms with E-state index in [2.05, 4.69) is 15.2 Å². The first-order valence-corrected chi connectivity index (χ1v) is 6.07. The second kappa shape index (κ2) is 4.61. The van der Waals surface area contributed by atoms with Gasteiger partial charge in [-0.3, -0.25) is 5.10 Å². The number of rotatable bonds is 3. The number of esters is 1. The molecule has 0 saturated heterocycles. The van der Waals surface area contributed by atoms with Gasteiger partial charge in [0.1, 0.15) is 5.56 Å². The van der Waals surface area contributed by atoms with Crippen molar-refractivity contribution < 1.29 is 9.53 Å². The van der Waals surface area contributed by atoms with Crippen LogP contribution in [0.2, 0.25) is 0 Å². The van der Waals surface area contributed by atoms with Gasteiger partial charge in [0.05, 0.1) is 18.5 Å². The Labute approximate surface area is 109 Å². The lowest BCUT2D eigenvalue weighted by Crippen LogP contribution is -2.04. The molecule has 19 heavy (non-hydrogen) atoms. The highest BCUT2D eigenvalue weighted by atomic mass is 16.5. The van der Waals surface area contributed by atoms with E-state index in [4.69, 9.17) is 4.74 Å². The van der Waals surface area contributed by atoms with Gasteiger partial charge in [0.25, 0.3) is 0 Å². The lowest BCUT2D eigenvalue weighted by atomic mass is 10.1. The Morgan fingerprint density at radius 3 is 3.11 bits per heavy atom. The van der Waals surface area contributed by atoms with E-state index in [1.165, 1.54) is 6.20 Å². The van der Waals surface area contributed by atoms with Crippen LogP contribution in [0.5, 0.6) is 0 Å². The van der Waals surface area contributed by atoms with Crippen LogP contribution < -0.4 is 0 Å². The van der Waals surface area contributed by atoms with Crippen molar-refractivity contribution in [2.45, 2.75) is 6.92 Å². The molecule has 0 aliphatic rings. The molecule has 0 fully saturated rings. The molecular weight excluding hydrogens is 242 g/mol. The van der Waals surface area contributed by atoms with Gasteiger partial charge >= 0.3 is 5.97 Å². The number of nitrogens with zero attached hydrogens (tertiary/aromatic N) is 1. The number of fused-ring (bicyclic) bond motifs is 1. The minimum atomic E-state index is -0.361. The van der Waals surface area contributed by atoms with Gasteiger partial charge in [-0.25, -0.2) is 4.79 Å². The lowest BCUT2D eigenvalue weighted by molar-refractivity contribution is 0.0527. The van der Waals surface area contributed by atoms with Crippen LogP contribution in [0.4, 0.5) is 0 Å². The third kappa shape index (κ3) is 1.99. The summed E-state index contributed by atoms with van der Waals surface area (Å²) < 4.78 is 5.02. The van der Waals surface area contributed by atoms with Gasteiger partial charge in [-0.05, 0) is 25.1 Å². The van der Waals surface area contributed by atoms with Crippen LogP contribution in [0.3, 0.4) is 0 Å². The summed E-state index contributed by atoms with van der Waals surface area (Å²) in [6.07, 6.45) is 3.38. The van der Waals surface area contributed by atoms with Crippen molar-refractivity contribution in [1.82, 2.24) is 15.2 Å². The SMILES string of the molecule is CCOC(=O)c1cn[nH]c1-c1ccc2[nH]ccc2c1. The van der Waals surface area contributed by atoms with Crippen molar-refractivity contribution in [2.75, 3.05) is 6.61 Å². The standard InChI is InChI=1S/C14H13N3O2/c1-2-19-14(18)11-8-16-17-13(11)10-3-4-12-9(7-10)5-6-15-12/h3-8,15H,2H2,1H3,(H,16,17). The summed E-state index contributed by atoms with van der Waals surface area (Å²) >= 11 is 0. The van der Waals surface area contributed by atoms with E-state index < -0.39 is 0 Å². The van der Waals surface area contributed by atoms with Crippen LogP contribution in [0.1, 0.15) is 17.3 Å². The fourth-order valence-corrected chi connectivity index (χ4v) is 2.08.